The minimum Gasteiger partial charge on any atom is -0.396 e. The van der Waals surface area contributed by atoms with Gasteiger partial charge in [0.25, 0.3) is 5.91 Å². The van der Waals surface area contributed by atoms with Crippen LogP contribution in [0.2, 0.25) is 0 Å². The molecular formula is C14H14BrN3O. The molecule has 0 aliphatic heterocycles. The molecule has 0 saturated heterocycles. The molecule has 0 atom stereocenters. The topological polar surface area (TPSA) is 81.1 Å². The Morgan fingerprint density at radius 1 is 1.21 bits per heavy atom. The number of amides is 1. The van der Waals surface area contributed by atoms with E-state index >= 15 is 0 Å². The van der Waals surface area contributed by atoms with E-state index in [2.05, 4.69) is 21.2 Å². The lowest BCUT2D eigenvalue weighted by molar-refractivity contribution is 0.100. The van der Waals surface area contributed by atoms with Crippen LogP contribution in [0.25, 0.3) is 0 Å². The maximum Gasteiger partial charge on any atom is 0.250 e. The summed E-state index contributed by atoms with van der Waals surface area (Å²) in [6.45, 7) is 0.617. The molecule has 0 fully saturated rings. The molecular weight excluding hydrogens is 306 g/mol. The number of carbonyl (C=O) groups is 1. The van der Waals surface area contributed by atoms with Gasteiger partial charge in [-0.3, -0.25) is 4.79 Å². The number of nitrogen functional groups attached to an aromatic ring is 1. The maximum atomic E-state index is 11.2. The number of halogens is 1. The van der Waals surface area contributed by atoms with Gasteiger partial charge in [-0.1, -0.05) is 34.1 Å². The Morgan fingerprint density at radius 2 is 1.95 bits per heavy atom. The highest BCUT2D eigenvalue weighted by molar-refractivity contribution is 9.10. The van der Waals surface area contributed by atoms with Crippen LogP contribution in [0, 0.1) is 0 Å². The summed E-state index contributed by atoms with van der Waals surface area (Å²) in [5.74, 6) is -0.524. The molecule has 0 unspecified atom stereocenters. The molecule has 4 nitrogen and oxygen atoms in total. The van der Waals surface area contributed by atoms with Gasteiger partial charge in [0.05, 0.1) is 16.9 Å². The van der Waals surface area contributed by atoms with E-state index < -0.39 is 5.91 Å². The summed E-state index contributed by atoms with van der Waals surface area (Å²) in [4.78, 5) is 11.2. The zero-order valence-electron chi connectivity index (χ0n) is 10.2. The first-order chi connectivity index (χ1) is 9.08. The van der Waals surface area contributed by atoms with E-state index in [1.807, 2.05) is 30.3 Å². The predicted molar refractivity (Wildman–Crippen MR) is 80.8 cm³/mol. The molecule has 0 saturated carbocycles. The van der Waals surface area contributed by atoms with Gasteiger partial charge in [0.2, 0.25) is 0 Å². The molecule has 19 heavy (non-hydrogen) atoms. The zero-order valence-corrected chi connectivity index (χ0v) is 11.8. The van der Waals surface area contributed by atoms with Gasteiger partial charge in [-0.2, -0.15) is 0 Å². The second kappa shape index (κ2) is 5.75. The van der Waals surface area contributed by atoms with Crippen molar-refractivity contribution in [2.75, 3.05) is 11.1 Å². The highest BCUT2D eigenvalue weighted by Crippen LogP contribution is 2.23. The van der Waals surface area contributed by atoms with Crippen LogP contribution in [0.1, 0.15) is 15.9 Å². The standard InChI is InChI=1S/C14H14BrN3O/c15-10-4-1-3-9(7-10)8-18-12-6-2-5-11(13(12)16)14(17)19/h1-7,18H,8,16H2,(H2,17,19). The Balaban J connectivity index is 2.16. The fourth-order valence-corrected chi connectivity index (χ4v) is 2.23. The zero-order chi connectivity index (χ0) is 13.8. The number of nitrogens with two attached hydrogens (primary N) is 2. The molecule has 0 aliphatic carbocycles. The van der Waals surface area contributed by atoms with E-state index in [0.717, 1.165) is 10.0 Å². The van der Waals surface area contributed by atoms with Crippen LogP contribution in [0.4, 0.5) is 11.4 Å². The molecule has 2 rings (SSSR count). The smallest absolute Gasteiger partial charge is 0.250 e. The lowest BCUT2D eigenvalue weighted by Crippen LogP contribution is -2.14. The molecule has 98 valence electrons. The average molecular weight is 320 g/mol. The fourth-order valence-electron chi connectivity index (χ4n) is 1.78. The Bertz CT molecular complexity index is 613. The van der Waals surface area contributed by atoms with Crippen molar-refractivity contribution in [2.45, 2.75) is 6.54 Å². The summed E-state index contributed by atoms with van der Waals surface area (Å²) < 4.78 is 1.02. The minimum absolute atomic E-state index is 0.333. The number of para-hydroxylation sites is 1. The van der Waals surface area contributed by atoms with Crippen LogP contribution >= 0.6 is 15.9 Å². The van der Waals surface area contributed by atoms with Crippen molar-refractivity contribution in [3.8, 4) is 0 Å². The lowest BCUT2D eigenvalue weighted by Gasteiger charge is -2.11. The summed E-state index contributed by atoms with van der Waals surface area (Å²) in [5.41, 5.74) is 13.7. The Labute approximate surface area is 119 Å². The Hall–Kier alpha value is -2.01. The van der Waals surface area contributed by atoms with Gasteiger partial charge in [0, 0.05) is 11.0 Å². The van der Waals surface area contributed by atoms with Gasteiger partial charge in [-0.05, 0) is 29.8 Å². The van der Waals surface area contributed by atoms with E-state index in [4.69, 9.17) is 11.5 Å². The van der Waals surface area contributed by atoms with Gasteiger partial charge < -0.3 is 16.8 Å². The third-order valence-electron chi connectivity index (χ3n) is 2.74. The van der Waals surface area contributed by atoms with Crippen molar-refractivity contribution in [3.05, 3.63) is 58.1 Å². The van der Waals surface area contributed by atoms with E-state index in [-0.39, 0.29) is 0 Å². The van der Waals surface area contributed by atoms with Crippen LogP contribution < -0.4 is 16.8 Å². The first-order valence-electron chi connectivity index (χ1n) is 5.74. The number of anilines is 2. The second-order valence-electron chi connectivity index (χ2n) is 4.11. The molecule has 0 aromatic heterocycles. The Kier molecular flexibility index (Phi) is 4.06. The molecule has 2 aromatic rings. The summed E-state index contributed by atoms with van der Waals surface area (Å²) in [7, 11) is 0. The molecule has 1 amide bonds. The van der Waals surface area contributed by atoms with Crippen molar-refractivity contribution >= 4 is 33.2 Å². The maximum absolute atomic E-state index is 11.2. The van der Waals surface area contributed by atoms with Crippen LogP contribution in [-0.2, 0) is 6.54 Å². The van der Waals surface area contributed by atoms with Gasteiger partial charge >= 0.3 is 0 Å². The molecule has 5 heteroatoms. The quantitative estimate of drug-likeness (QED) is 0.758. The number of hydrogen-bond acceptors (Lipinski definition) is 3. The van der Waals surface area contributed by atoms with Crippen molar-refractivity contribution in [3.63, 3.8) is 0 Å². The van der Waals surface area contributed by atoms with E-state index in [1.165, 1.54) is 0 Å². The number of rotatable bonds is 4. The van der Waals surface area contributed by atoms with Crippen LogP contribution in [0.3, 0.4) is 0 Å². The van der Waals surface area contributed by atoms with Crippen molar-refractivity contribution in [1.29, 1.82) is 0 Å². The number of primary amides is 1. The number of carbonyl (C=O) groups excluding carboxylic acids is 1. The van der Waals surface area contributed by atoms with Gasteiger partial charge in [-0.15, -0.1) is 0 Å². The average Bonchev–Trinajstić information content (AvgIpc) is 2.37. The molecule has 0 heterocycles. The van der Waals surface area contributed by atoms with Crippen LogP contribution in [0.15, 0.2) is 46.9 Å². The molecule has 0 spiro atoms. The lowest BCUT2D eigenvalue weighted by atomic mass is 10.1. The number of nitrogens with one attached hydrogen (secondary N) is 1. The fraction of sp³-hybridized carbons (Fsp3) is 0.0714. The van der Waals surface area contributed by atoms with Crippen LogP contribution in [0.5, 0.6) is 0 Å². The van der Waals surface area contributed by atoms with Gasteiger partial charge in [-0.25, -0.2) is 0 Å². The third kappa shape index (κ3) is 3.26. The predicted octanol–water partition coefficient (Wildman–Crippen LogP) is 2.74. The largest absolute Gasteiger partial charge is 0.396 e. The molecule has 5 N–H and O–H groups in total. The third-order valence-corrected chi connectivity index (χ3v) is 3.24. The number of hydrogen-bond donors (Lipinski definition) is 3. The van der Waals surface area contributed by atoms with Gasteiger partial charge in [0.1, 0.15) is 0 Å². The summed E-state index contributed by atoms with van der Waals surface area (Å²) >= 11 is 3.42. The van der Waals surface area contributed by atoms with E-state index in [0.29, 0.717) is 23.5 Å². The van der Waals surface area contributed by atoms with Crippen LogP contribution in [-0.4, -0.2) is 5.91 Å². The SMILES string of the molecule is NC(=O)c1cccc(NCc2cccc(Br)c2)c1N. The van der Waals surface area contributed by atoms with Crippen molar-refractivity contribution in [1.82, 2.24) is 0 Å². The Morgan fingerprint density at radius 3 is 2.63 bits per heavy atom. The highest BCUT2D eigenvalue weighted by Gasteiger charge is 2.08. The van der Waals surface area contributed by atoms with Crippen molar-refractivity contribution < 1.29 is 4.79 Å². The van der Waals surface area contributed by atoms with Crippen molar-refractivity contribution in [2.24, 2.45) is 5.73 Å². The number of benzene rings is 2. The first kappa shape index (κ1) is 13.4. The molecule has 0 bridgehead atoms. The monoisotopic (exact) mass is 319 g/mol. The minimum atomic E-state index is -0.524. The molecule has 0 aliphatic rings. The molecule has 0 radical (unpaired) electrons. The summed E-state index contributed by atoms with van der Waals surface area (Å²) in [5, 5.41) is 3.20. The van der Waals surface area contributed by atoms with Gasteiger partial charge in [0.15, 0.2) is 0 Å². The normalized spacial score (nSPS) is 10.2. The summed E-state index contributed by atoms with van der Waals surface area (Å²) in [6, 6.07) is 13.1. The van der Waals surface area contributed by atoms with E-state index in [9.17, 15) is 4.79 Å². The van der Waals surface area contributed by atoms with E-state index in [1.54, 1.807) is 12.1 Å². The highest BCUT2D eigenvalue weighted by atomic mass is 79.9. The second-order valence-corrected chi connectivity index (χ2v) is 5.03. The first-order valence-corrected chi connectivity index (χ1v) is 6.54. The summed E-state index contributed by atoms with van der Waals surface area (Å²) in [6.07, 6.45) is 0. The molecule has 2 aromatic carbocycles.